The molecule has 0 spiro atoms. The minimum atomic E-state index is -0.343. The maximum atomic E-state index is 12.6. The smallest absolute Gasteiger partial charge is 0.306 e. The van der Waals surface area contributed by atoms with E-state index in [1.807, 2.05) is 18.2 Å². The van der Waals surface area contributed by atoms with Crippen LogP contribution in [0.4, 0.5) is 0 Å². The first-order valence-corrected chi connectivity index (χ1v) is 20.1. The van der Waals surface area contributed by atoms with E-state index in [9.17, 15) is 4.79 Å². The predicted molar refractivity (Wildman–Crippen MR) is 197 cm³/mol. The van der Waals surface area contributed by atoms with Gasteiger partial charge >= 0.3 is 5.97 Å². The first kappa shape index (κ1) is 42.6. The second-order valence-corrected chi connectivity index (χ2v) is 13.8. The summed E-state index contributed by atoms with van der Waals surface area (Å²) in [6, 6.07) is 10.2. The molecular formula is C42H76O4. The summed E-state index contributed by atoms with van der Waals surface area (Å²) in [5, 5.41) is 0. The highest BCUT2D eigenvalue weighted by atomic mass is 16.6. The summed E-state index contributed by atoms with van der Waals surface area (Å²) in [5.41, 5.74) is 1.13. The van der Waals surface area contributed by atoms with Crippen molar-refractivity contribution in [1.29, 1.82) is 0 Å². The van der Waals surface area contributed by atoms with Crippen LogP contribution in [0.25, 0.3) is 0 Å². The normalized spacial score (nSPS) is 12.0. The van der Waals surface area contributed by atoms with Crippen molar-refractivity contribution in [3.05, 3.63) is 35.9 Å². The SMILES string of the molecule is CCCCCCCCCCCCCCCCOC[C@H](COCc1ccccc1)OC(=O)CCCCCCCCCCCCCCC. The van der Waals surface area contributed by atoms with Crippen molar-refractivity contribution in [3.63, 3.8) is 0 Å². The van der Waals surface area contributed by atoms with E-state index in [2.05, 4.69) is 26.0 Å². The van der Waals surface area contributed by atoms with Crippen LogP contribution in [-0.4, -0.2) is 31.9 Å². The molecule has 0 aliphatic rings. The molecule has 1 aromatic carbocycles. The lowest BCUT2D eigenvalue weighted by atomic mass is 10.0. The van der Waals surface area contributed by atoms with Crippen LogP contribution in [0.5, 0.6) is 0 Å². The van der Waals surface area contributed by atoms with Crippen molar-refractivity contribution >= 4 is 5.97 Å². The Balaban J connectivity index is 2.10. The Morgan fingerprint density at radius 2 is 0.891 bits per heavy atom. The van der Waals surface area contributed by atoms with Crippen molar-refractivity contribution in [2.24, 2.45) is 0 Å². The zero-order valence-electron chi connectivity index (χ0n) is 30.7. The first-order valence-electron chi connectivity index (χ1n) is 20.1. The van der Waals surface area contributed by atoms with E-state index in [0.717, 1.165) is 31.4 Å². The Labute approximate surface area is 286 Å². The van der Waals surface area contributed by atoms with Gasteiger partial charge in [0.1, 0.15) is 6.10 Å². The van der Waals surface area contributed by atoms with Crippen LogP contribution in [0, 0.1) is 0 Å². The van der Waals surface area contributed by atoms with Crippen molar-refractivity contribution in [2.45, 2.75) is 206 Å². The second-order valence-electron chi connectivity index (χ2n) is 13.8. The molecule has 0 saturated heterocycles. The number of carbonyl (C=O) groups excluding carboxylic acids is 1. The maximum absolute atomic E-state index is 12.6. The van der Waals surface area contributed by atoms with Crippen molar-refractivity contribution in [3.8, 4) is 0 Å². The van der Waals surface area contributed by atoms with E-state index in [-0.39, 0.29) is 12.1 Å². The van der Waals surface area contributed by atoms with Gasteiger partial charge in [-0.15, -0.1) is 0 Å². The van der Waals surface area contributed by atoms with E-state index in [1.54, 1.807) is 0 Å². The Kier molecular flexibility index (Phi) is 32.4. The van der Waals surface area contributed by atoms with Gasteiger partial charge in [-0.2, -0.15) is 0 Å². The van der Waals surface area contributed by atoms with Gasteiger partial charge in [-0.25, -0.2) is 0 Å². The maximum Gasteiger partial charge on any atom is 0.306 e. The predicted octanol–water partition coefficient (Wildman–Crippen LogP) is 13.1. The van der Waals surface area contributed by atoms with Crippen molar-refractivity contribution in [1.82, 2.24) is 0 Å². The van der Waals surface area contributed by atoms with Gasteiger partial charge in [-0.05, 0) is 18.4 Å². The highest BCUT2D eigenvalue weighted by Gasteiger charge is 2.15. The number of esters is 1. The molecule has 4 heteroatoms. The van der Waals surface area contributed by atoms with Gasteiger partial charge < -0.3 is 14.2 Å². The fraction of sp³-hybridized carbons (Fsp3) is 0.833. The number of carbonyl (C=O) groups is 1. The summed E-state index contributed by atoms with van der Waals surface area (Å²) in [7, 11) is 0. The summed E-state index contributed by atoms with van der Waals surface area (Å²) in [6.45, 7) is 6.60. The lowest BCUT2D eigenvalue weighted by molar-refractivity contribution is -0.156. The molecule has 0 unspecified atom stereocenters. The summed E-state index contributed by atoms with van der Waals surface area (Å²) in [6.07, 6.45) is 36.0. The molecule has 0 amide bonds. The highest BCUT2D eigenvalue weighted by Crippen LogP contribution is 2.15. The molecule has 0 aromatic heterocycles. The van der Waals surface area contributed by atoms with E-state index in [1.165, 1.54) is 154 Å². The zero-order chi connectivity index (χ0) is 33.0. The topological polar surface area (TPSA) is 44.8 Å². The number of benzene rings is 1. The van der Waals surface area contributed by atoms with Gasteiger partial charge in [-0.1, -0.05) is 205 Å². The van der Waals surface area contributed by atoms with E-state index >= 15 is 0 Å². The minimum absolute atomic E-state index is 0.114. The number of rotatable bonds is 36. The summed E-state index contributed by atoms with van der Waals surface area (Å²) in [5.74, 6) is -0.114. The molecular weight excluding hydrogens is 568 g/mol. The van der Waals surface area contributed by atoms with Gasteiger partial charge in [0.15, 0.2) is 0 Å². The van der Waals surface area contributed by atoms with Crippen LogP contribution in [0.1, 0.15) is 199 Å². The Morgan fingerprint density at radius 3 is 1.35 bits per heavy atom. The zero-order valence-corrected chi connectivity index (χ0v) is 30.7. The monoisotopic (exact) mass is 645 g/mol. The van der Waals surface area contributed by atoms with Gasteiger partial charge in [0.25, 0.3) is 0 Å². The standard InChI is InChI=1S/C42H76O4/c1-3-5-7-9-11-13-15-17-19-21-23-25-27-32-36-44-38-41(39-45-37-40-33-29-28-30-34-40)46-42(43)35-31-26-24-22-20-18-16-14-12-10-8-6-4-2/h28-30,33-34,41H,3-27,31-32,35-39H2,1-2H3/t41-/m1/s1. The molecule has 1 atom stereocenters. The molecule has 0 N–H and O–H groups in total. The molecule has 0 saturated carbocycles. The number of hydrogen-bond acceptors (Lipinski definition) is 4. The third-order valence-corrected chi connectivity index (χ3v) is 9.14. The van der Waals surface area contributed by atoms with E-state index < -0.39 is 0 Å². The third-order valence-electron chi connectivity index (χ3n) is 9.14. The van der Waals surface area contributed by atoms with Gasteiger partial charge in [0.2, 0.25) is 0 Å². The van der Waals surface area contributed by atoms with Crippen molar-refractivity contribution < 1.29 is 19.0 Å². The van der Waals surface area contributed by atoms with Crippen LogP contribution in [-0.2, 0) is 25.6 Å². The number of unbranched alkanes of at least 4 members (excludes halogenated alkanes) is 25. The average molecular weight is 645 g/mol. The first-order chi connectivity index (χ1) is 22.8. The molecule has 0 radical (unpaired) electrons. The second kappa shape index (κ2) is 34.9. The summed E-state index contributed by atoms with van der Waals surface area (Å²) < 4.78 is 17.7. The fourth-order valence-electron chi connectivity index (χ4n) is 6.14. The highest BCUT2D eigenvalue weighted by molar-refractivity contribution is 5.69. The quantitative estimate of drug-likeness (QED) is 0.0538. The van der Waals surface area contributed by atoms with Gasteiger partial charge in [0.05, 0.1) is 19.8 Å². The number of ether oxygens (including phenoxy) is 3. The van der Waals surface area contributed by atoms with Crippen LogP contribution in [0.2, 0.25) is 0 Å². The molecule has 46 heavy (non-hydrogen) atoms. The van der Waals surface area contributed by atoms with E-state index in [4.69, 9.17) is 14.2 Å². The van der Waals surface area contributed by atoms with Crippen LogP contribution in [0.3, 0.4) is 0 Å². The molecule has 268 valence electrons. The molecule has 0 aliphatic heterocycles. The van der Waals surface area contributed by atoms with Crippen LogP contribution >= 0.6 is 0 Å². The lowest BCUT2D eigenvalue weighted by Crippen LogP contribution is -2.28. The van der Waals surface area contributed by atoms with Crippen LogP contribution in [0.15, 0.2) is 30.3 Å². The fourth-order valence-corrected chi connectivity index (χ4v) is 6.14. The molecule has 0 bridgehead atoms. The number of hydrogen-bond donors (Lipinski definition) is 0. The lowest BCUT2D eigenvalue weighted by Gasteiger charge is -2.18. The van der Waals surface area contributed by atoms with Gasteiger partial charge in [0, 0.05) is 13.0 Å². The molecule has 0 fully saturated rings. The van der Waals surface area contributed by atoms with E-state index in [0.29, 0.717) is 26.2 Å². The summed E-state index contributed by atoms with van der Waals surface area (Å²) in [4.78, 5) is 12.6. The molecule has 0 heterocycles. The third kappa shape index (κ3) is 30.0. The average Bonchev–Trinajstić information content (AvgIpc) is 3.07. The molecule has 1 aromatic rings. The molecule has 1 rings (SSSR count). The largest absolute Gasteiger partial charge is 0.457 e. The van der Waals surface area contributed by atoms with Crippen molar-refractivity contribution in [2.75, 3.05) is 19.8 Å². The Hall–Kier alpha value is -1.39. The molecule has 4 nitrogen and oxygen atoms in total. The minimum Gasteiger partial charge on any atom is -0.457 e. The Bertz CT molecular complexity index is 736. The van der Waals surface area contributed by atoms with Gasteiger partial charge in [-0.3, -0.25) is 4.79 Å². The summed E-state index contributed by atoms with van der Waals surface area (Å²) >= 11 is 0. The van der Waals surface area contributed by atoms with Crippen LogP contribution < -0.4 is 0 Å². The molecule has 0 aliphatic carbocycles. The Morgan fingerprint density at radius 1 is 0.500 bits per heavy atom.